The summed E-state index contributed by atoms with van der Waals surface area (Å²) in [5, 5.41) is 3.19. The minimum atomic E-state index is -0.225. The predicted octanol–water partition coefficient (Wildman–Crippen LogP) is 3.60. The summed E-state index contributed by atoms with van der Waals surface area (Å²) >= 11 is 6.80. The maximum absolute atomic E-state index is 13.3. The van der Waals surface area contributed by atoms with Crippen molar-refractivity contribution in [3.63, 3.8) is 0 Å². The van der Waals surface area contributed by atoms with Gasteiger partial charge in [0.2, 0.25) is 0 Å². The number of rotatable bonds is 6. The third kappa shape index (κ3) is 4.40. The van der Waals surface area contributed by atoms with E-state index in [1.807, 2.05) is 19.1 Å². The van der Waals surface area contributed by atoms with Crippen molar-refractivity contribution < 1.29 is 9.53 Å². The van der Waals surface area contributed by atoms with Crippen LogP contribution >= 0.6 is 24.0 Å². The molecule has 7 nitrogen and oxygen atoms in total. The average molecular weight is 459 g/mol. The van der Waals surface area contributed by atoms with Crippen LogP contribution in [0.3, 0.4) is 0 Å². The van der Waals surface area contributed by atoms with Crippen LogP contribution in [0.15, 0.2) is 28.0 Å². The number of aryl methyl sites for hydroxylation is 1. The van der Waals surface area contributed by atoms with Crippen molar-refractivity contribution >= 4 is 51.7 Å². The van der Waals surface area contributed by atoms with Crippen LogP contribution in [0.4, 0.5) is 5.82 Å². The summed E-state index contributed by atoms with van der Waals surface area (Å²) in [6, 6.07) is 3.88. The number of methoxy groups -OCH3 is 1. The number of nitrogens with one attached hydrogen (secondary N) is 1. The summed E-state index contributed by atoms with van der Waals surface area (Å²) in [6.45, 7) is 2.88. The lowest BCUT2D eigenvalue weighted by molar-refractivity contribution is -0.124. The molecule has 1 amide bonds. The van der Waals surface area contributed by atoms with Crippen LogP contribution in [0.1, 0.15) is 43.2 Å². The molecule has 4 rings (SSSR count). The van der Waals surface area contributed by atoms with Crippen molar-refractivity contribution in [3.05, 3.63) is 44.7 Å². The number of carbonyl (C=O) groups is 1. The number of fused-ring (bicyclic) bond motifs is 1. The molecule has 2 aromatic rings. The van der Waals surface area contributed by atoms with E-state index in [-0.39, 0.29) is 17.5 Å². The number of aromatic nitrogens is 2. The molecule has 31 heavy (non-hydrogen) atoms. The Labute approximate surface area is 190 Å². The van der Waals surface area contributed by atoms with Crippen LogP contribution in [0.2, 0.25) is 0 Å². The third-order valence-electron chi connectivity index (χ3n) is 5.72. The van der Waals surface area contributed by atoms with Gasteiger partial charge in [-0.25, -0.2) is 4.98 Å². The smallest absolute Gasteiger partial charge is 0.267 e. The van der Waals surface area contributed by atoms with Crippen molar-refractivity contribution in [1.29, 1.82) is 0 Å². The number of nitrogens with zero attached hydrogens (tertiary/aromatic N) is 3. The number of thioether (sulfide) groups is 1. The second-order valence-electron chi connectivity index (χ2n) is 7.83. The monoisotopic (exact) mass is 458 g/mol. The number of hydrogen-bond donors (Lipinski definition) is 1. The Morgan fingerprint density at radius 3 is 2.84 bits per heavy atom. The Morgan fingerprint density at radius 2 is 2.10 bits per heavy atom. The molecule has 9 heteroatoms. The van der Waals surface area contributed by atoms with Gasteiger partial charge in [-0.1, -0.05) is 49.3 Å². The molecule has 164 valence electrons. The summed E-state index contributed by atoms with van der Waals surface area (Å²) in [4.78, 5) is 33.4. The Kier molecular flexibility index (Phi) is 6.74. The van der Waals surface area contributed by atoms with E-state index in [1.54, 1.807) is 24.3 Å². The molecule has 2 aliphatic rings. The zero-order valence-electron chi connectivity index (χ0n) is 17.7. The molecule has 0 unspecified atom stereocenters. The van der Waals surface area contributed by atoms with Crippen LogP contribution in [-0.2, 0) is 9.53 Å². The Balaban J connectivity index is 1.75. The standard InChI is InChI=1S/C22H26N4O3S2/c1-14-7-6-11-25-19(14)24-18(23-10-12-29-2)16(20(25)27)13-17-21(28)26(22(30)31-17)15-8-4-3-5-9-15/h6-7,11,13,15,23H,3-5,8-10,12H2,1-2H3/b17-13+. The van der Waals surface area contributed by atoms with E-state index < -0.39 is 0 Å². The van der Waals surface area contributed by atoms with Gasteiger partial charge in [0.05, 0.1) is 17.1 Å². The first kappa shape index (κ1) is 22.0. The van der Waals surface area contributed by atoms with Gasteiger partial charge in [-0.05, 0) is 37.5 Å². The van der Waals surface area contributed by atoms with Gasteiger partial charge < -0.3 is 10.1 Å². The highest BCUT2D eigenvalue weighted by Crippen LogP contribution is 2.37. The zero-order valence-corrected chi connectivity index (χ0v) is 19.4. The number of amides is 1. The Morgan fingerprint density at radius 1 is 1.32 bits per heavy atom. The minimum absolute atomic E-state index is 0.113. The van der Waals surface area contributed by atoms with Gasteiger partial charge in [0, 0.05) is 25.9 Å². The topological polar surface area (TPSA) is 75.9 Å². The van der Waals surface area contributed by atoms with Crippen LogP contribution in [0.5, 0.6) is 0 Å². The molecule has 1 aliphatic carbocycles. The molecule has 2 aromatic heterocycles. The van der Waals surface area contributed by atoms with Gasteiger partial charge in [0.25, 0.3) is 11.5 Å². The molecule has 0 radical (unpaired) electrons. The maximum atomic E-state index is 13.3. The molecule has 0 bridgehead atoms. The van der Waals surface area contributed by atoms with E-state index in [2.05, 4.69) is 10.3 Å². The fourth-order valence-electron chi connectivity index (χ4n) is 4.11. The molecular weight excluding hydrogens is 432 g/mol. The molecule has 1 saturated carbocycles. The van der Waals surface area contributed by atoms with Crippen molar-refractivity contribution in [2.75, 3.05) is 25.6 Å². The lowest BCUT2D eigenvalue weighted by Gasteiger charge is -2.29. The van der Waals surface area contributed by atoms with Crippen molar-refractivity contribution in [2.24, 2.45) is 0 Å². The predicted molar refractivity (Wildman–Crippen MR) is 128 cm³/mol. The van der Waals surface area contributed by atoms with Crippen molar-refractivity contribution in [1.82, 2.24) is 14.3 Å². The highest BCUT2D eigenvalue weighted by atomic mass is 32.2. The number of anilines is 1. The quantitative estimate of drug-likeness (QED) is 0.403. The van der Waals surface area contributed by atoms with Gasteiger partial charge in [-0.15, -0.1) is 0 Å². The van der Waals surface area contributed by atoms with E-state index in [9.17, 15) is 9.59 Å². The SMILES string of the molecule is COCCNc1nc2c(C)cccn2c(=O)c1/C=C1/SC(=S)N(C2CCCCC2)C1=O. The van der Waals surface area contributed by atoms with Crippen molar-refractivity contribution in [3.8, 4) is 0 Å². The lowest BCUT2D eigenvalue weighted by Crippen LogP contribution is -2.39. The molecule has 0 atom stereocenters. The fraction of sp³-hybridized carbons (Fsp3) is 0.455. The van der Waals surface area contributed by atoms with Crippen molar-refractivity contribution in [2.45, 2.75) is 45.1 Å². The average Bonchev–Trinajstić information content (AvgIpc) is 3.05. The van der Waals surface area contributed by atoms with E-state index in [4.69, 9.17) is 17.0 Å². The van der Waals surface area contributed by atoms with E-state index >= 15 is 0 Å². The second-order valence-corrected chi connectivity index (χ2v) is 9.50. The summed E-state index contributed by atoms with van der Waals surface area (Å²) in [5.41, 5.74) is 1.60. The fourth-order valence-corrected chi connectivity index (χ4v) is 5.50. The molecule has 0 spiro atoms. The van der Waals surface area contributed by atoms with E-state index in [0.29, 0.717) is 39.4 Å². The maximum Gasteiger partial charge on any atom is 0.267 e. The highest BCUT2D eigenvalue weighted by molar-refractivity contribution is 8.26. The minimum Gasteiger partial charge on any atom is -0.383 e. The molecule has 0 aromatic carbocycles. The molecule has 2 fully saturated rings. The van der Waals surface area contributed by atoms with Gasteiger partial charge >= 0.3 is 0 Å². The number of pyridine rings is 1. The van der Waals surface area contributed by atoms with Gasteiger partial charge in [-0.3, -0.25) is 18.9 Å². The first-order valence-corrected chi connectivity index (χ1v) is 11.8. The van der Waals surface area contributed by atoms with Gasteiger partial charge in [0.15, 0.2) is 0 Å². The first-order chi connectivity index (χ1) is 15.0. The number of carbonyl (C=O) groups excluding carboxylic acids is 1. The van der Waals surface area contributed by atoms with Crippen LogP contribution in [0.25, 0.3) is 11.7 Å². The number of ether oxygens (including phenoxy) is 1. The summed E-state index contributed by atoms with van der Waals surface area (Å²) < 4.78 is 7.21. The third-order valence-corrected chi connectivity index (χ3v) is 7.05. The Bertz CT molecular complexity index is 1110. The number of thiocarbonyl (C=S) groups is 1. The zero-order chi connectivity index (χ0) is 22.0. The second kappa shape index (κ2) is 9.50. The first-order valence-electron chi connectivity index (χ1n) is 10.5. The highest BCUT2D eigenvalue weighted by Gasteiger charge is 2.37. The summed E-state index contributed by atoms with van der Waals surface area (Å²) in [6.07, 6.45) is 8.72. The Hall–Kier alpha value is -2.23. The molecular formula is C22H26N4O3S2. The molecule has 1 saturated heterocycles. The number of hydrogen-bond acceptors (Lipinski definition) is 7. The van der Waals surface area contributed by atoms with E-state index in [0.717, 1.165) is 31.2 Å². The molecule has 1 aliphatic heterocycles. The van der Waals surface area contributed by atoms with Gasteiger partial charge in [-0.2, -0.15) is 0 Å². The molecule has 3 heterocycles. The summed E-state index contributed by atoms with van der Waals surface area (Å²) in [7, 11) is 1.62. The van der Waals surface area contributed by atoms with Crippen LogP contribution in [0, 0.1) is 6.92 Å². The van der Waals surface area contributed by atoms with E-state index in [1.165, 1.54) is 22.6 Å². The lowest BCUT2D eigenvalue weighted by atomic mass is 9.94. The summed E-state index contributed by atoms with van der Waals surface area (Å²) in [5.74, 6) is 0.331. The molecule has 1 N–H and O–H groups in total. The largest absolute Gasteiger partial charge is 0.383 e. The normalized spacial score (nSPS) is 19.0. The van der Waals surface area contributed by atoms with Gasteiger partial charge in [0.1, 0.15) is 15.8 Å². The van der Waals surface area contributed by atoms with Crippen LogP contribution in [-0.4, -0.2) is 50.8 Å². The van der Waals surface area contributed by atoms with Crippen LogP contribution < -0.4 is 10.9 Å².